The van der Waals surface area contributed by atoms with Gasteiger partial charge in [-0.2, -0.15) is 0 Å². The van der Waals surface area contributed by atoms with Crippen LogP contribution >= 0.6 is 11.3 Å². The molecule has 7 heteroatoms. The molecule has 2 aromatic heterocycles. The van der Waals surface area contributed by atoms with Crippen LogP contribution in [-0.4, -0.2) is 37.6 Å². The van der Waals surface area contributed by atoms with E-state index in [4.69, 9.17) is 9.15 Å². The molecule has 0 bridgehead atoms. The summed E-state index contributed by atoms with van der Waals surface area (Å²) < 4.78 is 12.1. The number of morpholine rings is 1. The lowest BCUT2D eigenvalue weighted by molar-refractivity contribution is 0.121. The van der Waals surface area contributed by atoms with E-state index in [1.807, 2.05) is 34.5 Å². The summed E-state index contributed by atoms with van der Waals surface area (Å²) in [5.74, 6) is 0.576. The number of hydrogen-bond donors (Lipinski definition) is 2. The van der Waals surface area contributed by atoms with Crippen LogP contribution in [0.5, 0.6) is 0 Å². The number of thiophene rings is 1. The summed E-state index contributed by atoms with van der Waals surface area (Å²) in [6.45, 7) is 6.21. The minimum atomic E-state index is -0.828. The first-order valence-electron chi connectivity index (χ1n) is 8.71. The lowest BCUT2D eigenvalue weighted by Gasteiger charge is -2.27. The molecule has 1 aliphatic rings. The van der Waals surface area contributed by atoms with Crippen LogP contribution in [0.25, 0.3) is 21.4 Å². The fourth-order valence-electron chi connectivity index (χ4n) is 3.08. The molecular weight excluding hydrogens is 364 g/mol. The van der Waals surface area contributed by atoms with Crippen molar-refractivity contribution >= 4 is 33.2 Å². The number of ether oxygens (including phenoxy) is 1. The first-order chi connectivity index (χ1) is 13.2. The minimum Gasteiger partial charge on any atom is -0.439 e. The Balaban J connectivity index is 1.76. The third-order valence-electron chi connectivity index (χ3n) is 4.46. The lowest BCUT2D eigenvalue weighted by Crippen LogP contribution is -2.36. The molecule has 1 unspecified atom stereocenters. The van der Waals surface area contributed by atoms with Gasteiger partial charge in [-0.25, -0.2) is 0 Å². The van der Waals surface area contributed by atoms with Gasteiger partial charge >= 0.3 is 0 Å². The number of aliphatic hydroxyl groups excluding tert-OH is 1. The van der Waals surface area contributed by atoms with Crippen molar-refractivity contribution in [3.63, 3.8) is 0 Å². The summed E-state index contributed by atoms with van der Waals surface area (Å²) in [5, 5.41) is 14.6. The summed E-state index contributed by atoms with van der Waals surface area (Å²) >= 11 is 1.38. The summed E-state index contributed by atoms with van der Waals surface area (Å²) in [4.78, 5) is 14.6. The molecule has 1 aliphatic heterocycles. The number of nitrogens with one attached hydrogen (secondary N) is 1. The van der Waals surface area contributed by atoms with Gasteiger partial charge in [-0.05, 0) is 23.8 Å². The second-order valence-electron chi connectivity index (χ2n) is 6.26. The van der Waals surface area contributed by atoms with Gasteiger partial charge in [-0.15, -0.1) is 11.3 Å². The SMILES string of the molecule is C=CC(O)Nc1cccc(-c2csc3c(=O)cc(N4CCOCC4)oc23)c1. The van der Waals surface area contributed by atoms with Crippen LogP contribution in [0.2, 0.25) is 0 Å². The van der Waals surface area contributed by atoms with Gasteiger partial charge in [0.15, 0.2) is 11.5 Å². The van der Waals surface area contributed by atoms with Crippen molar-refractivity contribution in [2.45, 2.75) is 6.23 Å². The number of aliphatic hydroxyl groups is 1. The van der Waals surface area contributed by atoms with Crippen molar-refractivity contribution in [3.05, 3.63) is 58.6 Å². The van der Waals surface area contributed by atoms with Gasteiger partial charge in [0, 0.05) is 35.8 Å². The standard InChI is InChI=1S/C20H20N2O4S/c1-2-17(24)21-14-5-3-4-13(10-14)15-12-27-20-16(23)11-18(26-19(15)20)22-6-8-25-9-7-22/h2-5,10-12,17,21,24H,1,6-9H2. The molecule has 140 valence electrons. The molecule has 3 aromatic rings. The van der Waals surface area contributed by atoms with Crippen LogP contribution in [-0.2, 0) is 4.74 Å². The number of anilines is 2. The van der Waals surface area contributed by atoms with Crippen molar-refractivity contribution in [1.29, 1.82) is 0 Å². The Morgan fingerprint density at radius 3 is 2.89 bits per heavy atom. The first kappa shape index (κ1) is 17.8. The number of rotatable bonds is 5. The molecule has 0 radical (unpaired) electrons. The normalized spacial score (nSPS) is 15.7. The van der Waals surface area contributed by atoms with E-state index in [1.165, 1.54) is 17.4 Å². The zero-order chi connectivity index (χ0) is 18.8. The fourth-order valence-corrected chi connectivity index (χ4v) is 3.99. The summed E-state index contributed by atoms with van der Waals surface area (Å²) in [7, 11) is 0. The molecule has 0 aliphatic carbocycles. The van der Waals surface area contributed by atoms with Gasteiger partial charge in [-0.1, -0.05) is 18.7 Å². The average Bonchev–Trinajstić information content (AvgIpc) is 3.13. The van der Waals surface area contributed by atoms with E-state index in [2.05, 4.69) is 11.9 Å². The predicted octanol–water partition coefficient (Wildman–Crippen LogP) is 3.27. The third-order valence-corrected chi connectivity index (χ3v) is 5.44. The molecule has 0 amide bonds. The van der Waals surface area contributed by atoms with Crippen LogP contribution in [0.3, 0.4) is 0 Å². The maximum Gasteiger partial charge on any atom is 0.204 e. The van der Waals surface area contributed by atoms with Crippen LogP contribution < -0.4 is 15.6 Å². The number of benzene rings is 1. The van der Waals surface area contributed by atoms with Crippen LogP contribution in [0, 0.1) is 0 Å². The van der Waals surface area contributed by atoms with E-state index in [9.17, 15) is 9.90 Å². The molecule has 1 atom stereocenters. The highest BCUT2D eigenvalue weighted by molar-refractivity contribution is 7.17. The summed E-state index contributed by atoms with van der Waals surface area (Å²) in [5.41, 5.74) is 3.08. The molecule has 1 saturated heterocycles. The van der Waals surface area contributed by atoms with Gasteiger partial charge in [0.1, 0.15) is 10.9 Å². The van der Waals surface area contributed by atoms with Crippen molar-refractivity contribution in [2.24, 2.45) is 0 Å². The Kier molecular flexibility index (Phi) is 4.98. The topological polar surface area (TPSA) is 74.9 Å². The quantitative estimate of drug-likeness (QED) is 0.519. The van der Waals surface area contributed by atoms with E-state index in [1.54, 1.807) is 6.07 Å². The Morgan fingerprint density at radius 2 is 2.11 bits per heavy atom. The highest BCUT2D eigenvalue weighted by Gasteiger charge is 2.18. The number of nitrogens with zero attached hydrogens (tertiary/aromatic N) is 1. The lowest BCUT2D eigenvalue weighted by atomic mass is 10.1. The minimum absolute atomic E-state index is 0.0367. The molecule has 0 spiro atoms. The maximum atomic E-state index is 12.6. The second-order valence-corrected chi connectivity index (χ2v) is 7.14. The Hall–Kier alpha value is -2.61. The van der Waals surface area contributed by atoms with E-state index in [-0.39, 0.29) is 5.43 Å². The van der Waals surface area contributed by atoms with Crippen LogP contribution in [0.1, 0.15) is 0 Å². The maximum absolute atomic E-state index is 12.6. The van der Waals surface area contributed by atoms with Crippen molar-refractivity contribution in [2.75, 3.05) is 36.5 Å². The predicted molar refractivity (Wildman–Crippen MR) is 109 cm³/mol. The zero-order valence-corrected chi connectivity index (χ0v) is 15.5. The molecule has 0 saturated carbocycles. The third kappa shape index (κ3) is 3.62. The van der Waals surface area contributed by atoms with E-state index in [0.717, 1.165) is 16.8 Å². The first-order valence-corrected chi connectivity index (χ1v) is 9.59. The molecular formula is C20H20N2O4S. The van der Waals surface area contributed by atoms with Gasteiger partial charge < -0.3 is 24.5 Å². The summed E-state index contributed by atoms with van der Waals surface area (Å²) in [6, 6.07) is 9.18. The molecule has 6 nitrogen and oxygen atoms in total. The Bertz CT molecular complexity index is 1020. The molecule has 3 heterocycles. The van der Waals surface area contributed by atoms with Gasteiger partial charge in [-0.3, -0.25) is 4.79 Å². The monoisotopic (exact) mass is 384 g/mol. The number of fused-ring (bicyclic) bond motifs is 1. The largest absolute Gasteiger partial charge is 0.439 e. The van der Waals surface area contributed by atoms with Crippen molar-refractivity contribution < 1.29 is 14.3 Å². The molecule has 2 N–H and O–H groups in total. The molecule has 1 fully saturated rings. The van der Waals surface area contributed by atoms with E-state index >= 15 is 0 Å². The molecule has 4 rings (SSSR count). The van der Waals surface area contributed by atoms with E-state index in [0.29, 0.717) is 42.5 Å². The van der Waals surface area contributed by atoms with E-state index < -0.39 is 6.23 Å². The summed E-state index contributed by atoms with van der Waals surface area (Å²) in [6.07, 6.45) is 0.589. The second kappa shape index (κ2) is 7.56. The van der Waals surface area contributed by atoms with Gasteiger partial charge in [0.2, 0.25) is 5.43 Å². The smallest absolute Gasteiger partial charge is 0.204 e. The number of hydrogen-bond acceptors (Lipinski definition) is 7. The Labute approximate surface area is 160 Å². The zero-order valence-electron chi connectivity index (χ0n) is 14.7. The fraction of sp³-hybridized carbons (Fsp3) is 0.250. The highest BCUT2D eigenvalue weighted by atomic mass is 32.1. The molecule has 27 heavy (non-hydrogen) atoms. The van der Waals surface area contributed by atoms with Crippen molar-refractivity contribution in [3.8, 4) is 11.1 Å². The van der Waals surface area contributed by atoms with Crippen molar-refractivity contribution in [1.82, 2.24) is 0 Å². The van der Waals surface area contributed by atoms with Gasteiger partial charge in [0.05, 0.1) is 13.2 Å². The average molecular weight is 384 g/mol. The van der Waals surface area contributed by atoms with Crippen LogP contribution in [0.15, 0.2) is 57.6 Å². The highest BCUT2D eigenvalue weighted by Crippen LogP contribution is 2.35. The van der Waals surface area contributed by atoms with Crippen LogP contribution in [0.4, 0.5) is 11.6 Å². The molecule has 1 aromatic carbocycles. The Morgan fingerprint density at radius 1 is 1.30 bits per heavy atom. The van der Waals surface area contributed by atoms with Gasteiger partial charge in [0.25, 0.3) is 0 Å².